The Morgan fingerprint density at radius 1 is 0.850 bits per heavy atom. The number of hydrogen-bond donors (Lipinski definition) is 0. The molecule has 9 heteroatoms. The molecular weight excluding hydrogens is 517 g/mol. The zero-order valence-electron chi connectivity index (χ0n) is 21.9. The lowest BCUT2D eigenvalue weighted by Gasteiger charge is -2.19. The van der Waals surface area contributed by atoms with E-state index in [-0.39, 0.29) is 36.7 Å². The van der Waals surface area contributed by atoms with Gasteiger partial charge < -0.3 is 18.9 Å². The van der Waals surface area contributed by atoms with Gasteiger partial charge >= 0.3 is 12.2 Å². The van der Waals surface area contributed by atoms with Gasteiger partial charge in [-0.1, -0.05) is 54.7 Å². The third-order valence-corrected chi connectivity index (χ3v) is 5.83. The zero-order valence-corrected chi connectivity index (χ0v) is 21.9. The highest BCUT2D eigenvalue weighted by Gasteiger charge is 2.23. The van der Waals surface area contributed by atoms with E-state index in [0.717, 1.165) is 30.7 Å². The third kappa shape index (κ3) is 9.64. The van der Waals surface area contributed by atoms with E-state index < -0.39 is 12.2 Å². The summed E-state index contributed by atoms with van der Waals surface area (Å²) in [4.78, 5) is 30.2. The van der Waals surface area contributed by atoms with Gasteiger partial charge in [-0.25, -0.2) is 14.0 Å². The first-order valence-corrected chi connectivity index (χ1v) is 13.1. The quantitative estimate of drug-likeness (QED) is 0.143. The number of carbonyl (C=O) groups excluding carboxylic acids is 2. The molecule has 1 amide bonds. The summed E-state index contributed by atoms with van der Waals surface area (Å²) in [6, 6.07) is 22.6. The van der Waals surface area contributed by atoms with Crippen LogP contribution in [0.15, 0.2) is 84.9 Å². The van der Waals surface area contributed by atoms with E-state index in [1.54, 1.807) is 72.8 Å². The third-order valence-electron chi connectivity index (χ3n) is 5.83. The van der Waals surface area contributed by atoms with Crippen LogP contribution in [0, 0.1) is 17.7 Å². The molecule has 1 saturated heterocycles. The number of amides is 1. The van der Waals surface area contributed by atoms with Crippen molar-refractivity contribution >= 4 is 12.2 Å². The zero-order chi connectivity index (χ0) is 28.0. The summed E-state index contributed by atoms with van der Waals surface area (Å²) in [5.74, 6) is 6.94. The van der Waals surface area contributed by atoms with E-state index >= 15 is 0 Å². The van der Waals surface area contributed by atoms with Crippen LogP contribution in [0.4, 0.5) is 14.0 Å². The van der Waals surface area contributed by atoms with E-state index in [0.29, 0.717) is 18.1 Å². The molecule has 0 aliphatic carbocycles. The summed E-state index contributed by atoms with van der Waals surface area (Å²) in [7, 11) is 0. The Hall–Kier alpha value is -4.55. The summed E-state index contributed by atoms with van der Waals surface area (Å²) >= 11 is 0. The number of rotatable bonds is 7. The Morgan fingerprint density at radius 3 is 2.20 bits per heavy atom. The van der Waals surface area contributed by atoms with Gasteiger partial charge in [-0.05, 0) is 67.8 Å². The Labute approximate surface area is 232 Å². The number of carbonyl (C=O) groups is 2. The van der Waals surface area contributed by atoms with Gasteiger partial charge in [-0.3, -0.25) is 4.84 Å². The predicted octanol–water partition coefficient (Wildman–Crippen LogP) is 6.56. The Balaban J connectivity index is 1.32. The van der Waals surface area contributed by atoms with Crippen LogP contribution in [0.3, 0.4) is 0 Å². The molecule has 0 unspecified atom stereocenters. The first-order valence-electron chi connectivity index (χ1n) is 13.1. The molecule has 0 radical (unpaired) electrons. The number of benzene rings is 3. The van der Waals surface area contributed by atoms with Crippen molar-refractivity contribution in [2.45, 2.75) is 44.3 Å². The molecule has 208 valence electrons. The van der Waals surface area contributed by atoms with Gasteiger partial charge in [-0.15, -0.1) is 5.06 Å². The number of hydrogen-bond acceptors (Lipinski definition) is 7. The van der Waals surface area contributed by atoms with Crippen molar-refractivity contribution in [3.63, 3.8) is 0 Å². The first-order chi connectivity index (χ1) is 19.5. The molecule has 0 bridgehead atoms. The van der Waals surface area contributed by atoms with Crippen LogP contribution in [-0.2, 0) is 9.57 Å². The molecule has 1 heterocycles. The van der Waals surface area contributed by atoms with Crippen LogP contribution in [0.5, 0.6) is 17.2 Å². The van der Waals surface area contributed by atoms with Gasteiger partial charge in [0.2, 0.25) is 0 Å². The number of ether oxygens (including phenoxy) is 4. The normalized spacial score (nSPS) is 16.4. The summed E-state index contributed by atoms with van der Waals surface area (Å²) in [5.41, 5.74) is 0. The fourth-order valence-electron chi connectivity index (χ4n) is 3.87. The van der Waals surface area contributed by atoms with Crippen molar-refractivity contribution in [1.29, 1.82) is 0 Å². The molecule has 0 saturated carbocycles. The average molecular weight is 548 g/mol. The van der Waals surface area contributed by atoms with E-state index in [4.69, 9.17) is 23.8 Å². The van der Waals surface area contributed by atoms with E-state index in [1.807, 2.05) is 0 Å². The molecule has 1 aliphatic heterocycles. The number of para-hydroxylation sites is 2. The minimum atomic E-state index is -1.08. The van der Waals surface area contributed by atoms with Crippen LogP contribution < -0.4 is 14.2 Å². The lowest BCUT2D eigenvalue weighted by Crippen LogP contribution is -2.37. The highest BCUT2D eigenvalue weighted by atomic mass is 19.1. The predicted molar refractivity (Wildman–Crippen MR) is 144 cm³/mol. The number of hydroxylamine groups is 2. The van der Waals surface area contributed by atoms with Gasteiger partial charge in [0.1, 0.15) is 35.8 Å². The van der Waals surface area contributed by atoms with Gasteiger partial charge in [0.15, 0.2) is 0 Å². The van der Waals surface area contributed by atoms with E-state index in [9.17, 15) is 14.0 Å². The summed E-state index contributed by atoms with van der Waals surface area (Å²) in [5, 5.41) is 0.778. The van der Waals surface area contributed by atoms with Gasteiger partial charge in [-0.2, -0.15) is 0 Å². The maximum atomic E-state index is 13.1. The maximum Gasteiger partial charge on any atom is 0.539 e. The Kier molecular flexibility index (Phi) is 10.8. The molecule has 3 aromatic rings. The van der Waals surface area contributed by atoms with Gasteiger partial charge in [0.25, 0.3) is 0 Å². The highest BCUT2D eigenvalue weighted by Crippen LogP contribution is 2.20. The second kappa shape index (κ2) is 15.1. The van der Waals surface area contributed by atoms with Crippen molar-refractivity contribution in [2.24, 2.45) is 0 Å². The maximum absolute atomic E-state index is 13.1. The highest BCUT2D eigenvalue weighted by molar-refractivity contribution is 5.72. The minimum absolute atomic E-state index is 0.0492. The van der Waals surface area contributed by atoms with Crippen LogP contribution in [0.2, 0.25) is 0 Å². The molecule has 4 rings (SSSR count). The van der Waals surface area contributed by atoms with Crippen LogP contribution in [0.1, 0.15) is 32.1 Å². The lowest BCUT2D eigenvalue weighted by atomic mass is 10.1. The van der Waals surface area contributed by atoms with Crippen molar-refractivity contribution in [1.82, 2.24) is 5.06 Å². The molecule has 0 aromatic heterocycles. The van der Waals surface area contributed by atoms with Crippen LogP contribution in [0.25, 0.3) is 0 Å². The largest absolute Gasteiger partial charge is 0.539 e. The van der Waals surface area contributed by atoms with Crippen molar-refractivity contribution in [2.75, 3.05) is 13.2 Å². The smallest absolute Gasteiger partial charge is 0.491 e. The van der Waals surface area contributed by atoms with Crippen molar-refractivity contribution in [3.8, 4) is 29.1 Å². The summed E-state index contributed by atoms with van der Waals surface area (Å²) in [6.45, 7) is 0.284. The molecule has 2 atom stereocenters. The standard InChI is InChI=1S/C31H30FNO7/c32-24-18-20-25(21-19-24)36-23-29-17-8-7-15-26(37-29)16-9-10-22-33(30(34)38-27-11-3-1-4-12-27)40-31(35)39-28-13-5-2-6-14-28/h1-6,11-14,18-21,26,29H,7-8,10,15,17,22-23H2/t26-,29-/m0/s1. The molecule has 0 N–H and O–H groups in total. The fourth-order valence-corrected chi connectivity index (χ4v) is 3.87. The molecule has 1 aliphatic rings. The van der Waals surface area contributed by atoms with Crippen LogP contribution >= 0.6 is 0 Å². The van der Waals surface area contributed by atoms with Gasteiger partial charge in [0, 0.05) is 6.42 Å². The lowest BCUT2D eigenvalue weighted by molar-refractivity contribution is -0.0880. The summed E-state index contributed by atoms with van der Waals surface area (Å²) < 4.78 is 35.5. The molecule has 3 aromatic carbocycles. The van der Waals surface area contributed by atoms with E-state index in [1.165, 1.54) is 12.1 Å². The number of nitrogens with zero attached hydrogens (tertiary/aromatic N) is 1. The van der Waals surface area contributed by atoms with Crippen molar-refractivity contribution in [3.05, 3.63) is 90.7 Å². The molecule has 1 fully saturated rings. The summed E-state index contributed by atoms with van der Waals surface area (Å²) in [6.07, 6.45) is 1.29. The molecular formula is C31H30FNO7. The second-order valence-corrected chi connectivity index (χ2v) is 8.91. The Bertz CT molecular complexity index is 1280. The SMILES string of the molecule is O=C(Oc1ccccc1)ON(CCC#C[C@@H]1CCCC[C@@H](COc2ccc(F)cc2)O1)C(=O)Oc1ccccc1. The monoisotopic (exact) mass is 547 g/mol. The average Bonchev–Trinajstić information content (AvgIpc) is 3.20. The Morgan fingerprint density at radius 2 is 1.50 bits per heavy atom. The fraction of sp³-hybridized carbons (Fsp3) is 0.290. The van der Waals surface area contributed by atoms with E-state index in [2.05, 4.69) is 11.8 Å². The molecule has 40 heavy (non-hydrogen) atoms. The number of halogens is 1. The molecule has 0 spiro atoms. The topological polar surface area (TPSA) is 83.5 Å². The molecule has 8 nitrogen and oxygen atoms in total. The van der Waals surface area contributed by atoms with Crippen LogP contribution in [-0.4, -0.2) is 42.7 Å². The van der Waals surface area contributed by atoms with Crippen molar-refractivity contribution < 1.29 is 37.8 Å². The van der Waals surface area contributed by atoms with Gasteiger partial charge in [0.05, 0.1) is 12.6 Å². The first kappa shape index (κ1) is 28.5. The minimum Gasteiger partial charge on any atom is -0.491 e. The second-order valence-electron chi connectivity index (χ2n) is 8.91.